The van der Waals surface area contributed by atoms with Crippen molar-refractivity contribution in [3.8, 4) is 0 Å². The van der Waals surface area contributed by atoms with Crippen LogP contribution in [-0.4, -0.2) is 16.2 Å². The molecule has 72 valence electrons. The zero-order valence-electron chi connectivity index (χ0n) is 7.86. The highest BCUT2D eigenvalue weighted by Gasteiger charge is 2.23. The second-order valence-corrected chi connectivity index (χ2v) is 3.86. The second kappa shape index (κ2) is 3.46. The van der Waals surface area contributed by atoms with Crippen LogP contribution in [0.15, 0.2) is 4.42 Å². The van der Waals surface area contributed by atoms with E-state index < -0.39 is 0 Å². The van der Waals surface area contributed by atoms with Crippen LogP contribution >= 0.6 is 0 Å². The molecule has 0 aromatic carbocycles. The van der Waals surface area contributed by atoms with Crippen LogP contribution in [0.2, 0.25) is 0 Å². The predicted molar refractivity (Wildman–Crippen MR) is 48.1 cm³/mol. The molecule has 1 saturated carbocycles. The molecule has 2 N–H and O–H groups in total. The molecule has 1 heterocycles. The number of aryl methyl sites for hydroxylation is 1. The summed E-state index contributed by atoms with van der Waals surface area (Å²) in [6.45, 7) is 1.82. The summed E-state index contributed by atoms with van der Waals surface area (Å²) in [4.78, 5) is 0. The first-order valence-corrected chi connectivity index (χ1v) is 4.78. The summed E-state index contributed by atoms with van der Waals surface area (Å²) < 4.78 is 5.32. The van der Waals surface area contributed by atoms with Crippen molar-refractivity contribution in [3.05, 3.63) is 11.8 Å². The van der Waals surface area contributed by atoms with E-state index >= 15 is 0 Å². The summed E-state index contributed by atoms with van der Waals surface area (Å²) in [5.41, 5.74) is 5.82. The van der Waals surface area contributed by atoms with Gasteiger partial charge in [-0.2, -0.15) is 0 Å². The average molecular weight is 181 g/mol. The molecule has 0 radical (unpaired) electrons. The lowest BCUT2D eigenvalue weighted by Crippen LogP contribution is -2.15. The van der Waals surface area contributed by atoms with E-state index in [1.807, 2.05) is 6.92 Å². The fourth-order valence-electron chi connectivity index (χ4n) is 1.97. The van der Waals surface area contributed by atoms with E-state index in [4.69, 9.17) is 10.2 Å². The quantitative estimate of drug-likeness (QED) is 0.740. The van der Waals surface area contributed by atoms with Crippen LogP contribution in [0.1, 0.15) is 31.0 Å². The Labute approximate surface area is 77.5 Å². The highest BCUT2D eigenvalue weighted by atomic mass is 16.4. The van der Waals surface area contributed by atoms with Gasteiger partial charge in [-0.15, -0.1) is 10.2 Å². The van der Waals surface area contributed by atoms with E-state index in [1.165, 1.54) is 6.42 Å². The van der Waals surface area contributed by atoms with Crippen LogP contribution in [0.25, 0.3) is 0 Å². The van der Waals surface area contributed by atoms with Gasteiger partial charge in [0.05, 0.1) is 0 Å². The van der Waals surface area contributed by atoms with Gasteiger partial charge in [0, 0.05) is 19.4 Å². The topological polar surface area (TPSA) is 64.9 Å². The zero-order chi connectivity index (χ0) is 9.26. The summed E-state index contributed by atoms with van der Waals surface area (Å²) in [7, 11) is 0. The van der Waals surface area contributed by atoms with Crippen molar-refractivity contribution in [1.82, 2.24) is 10.2 Å². The van der Waals surface area contributed by atoms with Crippen molar-refractivity contribution < 1.29 is 4.42 Å². The summed E-state index contributed by atoms with van der Waals surface area (Å²) >= 11 is 0. The fraction of sp³-hybridized carbons (Fsp3) is 0.778. The third kappa shape index (κ3) is 2.06. The molecule has 4 heteroatoms. The smallest absolute Gasteiger partial charge is 0.216 e. The van der Waals surface area contributed by atoms with Crippen molar-refractivity contribution in [2.75, 3.05) is 0 Å². The summed E-state index contributed by atoms with van der Waals surface area (Å²) in [5.74, 6) is 2.06. The Kier molecular flexibility index (Phi) is 2.31. The molecule has 1 aromatic heterocycles. The Hall–Kier alpha value is -0.900. The van der Waals surface area contributed by atoms with E-state index in [9.17, 15) is 0 Å². The van der Waals surface area contributed by atoms with E-state index in [2.05, 4.69) is 10.2 Å². The SMILES string of the molecule is Cc1nnc(CC2CCC(N)C2)o1. The molecule has 1 fully saturated rings. The van der Waals surface area contributed by atoms with Gasteiger partial charge < -0.3 is 10.2 Å². The molecule has 0 saturated heterocycles. The fourth-order valence-corrected chi connectivity index (χ4v) is 1.97. The molecule has 1 aliphatic carbocycles. The van der Waals surface area contributed by atoms with Gasteiger partial charge in [0.1, 0.15) is 0 Å². The molecular formula is C9H15N3O. The normalized spacial score (nSPS) is 28.2. The van der Waals surface area contributed by atoms with Crippen molar-refractivity contribution in [1.29, 1.82) is 0 Å². The highest BCUT2D eigenvalue weighted by Crippen LogP contribution is 2.26. The molecule has 0 bridgehead atoms. The first-order valence-electron chi connectivity index (χ1n) is 4.78. The third-order valence-corrected chi connectivity index (χ3v) is 2.61. The highest BCUT2D eigenvalue weighted by molar-refractivity contribution is 4.87. The van der Waals surface area contributed by atoms with Crippen LogP contribution in [-0.2, 0) is 6.42 Å². The second-order valence-electron chi connectivity index (χ2n) is 3.86. The molecule has 1 aliphatic rings. The van der Waals surface area contributed by atoms with Crippen LogP contribution < -0.4 is 5.73 Å². The van der Waals surface area contributed by atoms with E-state index in [0.717, 1.165) is 25.2 Å². The van der Waals surface area contributed by atoms with Gasteiger partial charge in [0.15, 0.2) is 0 Å². The monoisotopic (exact) mass is 181 g/mol. The number of rotatable bonds is 2. The molecule has 1 aromatic rings. The van der Waals surface area contributed by atoms with Crippen molar-refractivity contribution in [2.45, 2.75) is 38.6 Å². The first kappa shape index (κ1) is 8.69. The largest absolute Gasteiger partial charge is 0.426 e. The lowest BCUT2D eigenvalue weighted by atomic mass is 10.0. The van der Waals surface area contributed by atoms with Gasteiger partial charge in [-0.25, -0.2) is 0 Å². The number of aromatic nitrogens is 2. The van der Waals surface area contributed by atoms with E-state index in [0.29, 0.717) is 17.9 Å². The molecule has 0 aliphatic heterocycles. The maximum atomic E-state index is 5.82. The van der Waals surface area contributed by atoms with E-state index in [-0.39, 0.29) is 0 Å². The molecule has 13 heavy (non-hydrogen) atoms. The van der Waals surface area contributed by atoms with Crippen LogP contribution in [0.4, 0.5) is 0 Å². The van der Waals surface area contributed by atoms with Crippen molar-refractivity contribution in [2.24, 2.45) is 11.7 Å². The maximum Gasteiger partial charge on any atom is 0.216 e. The number of nitrogens with two attached hydrogens (primary N) is 1. The lowest BCUT2D eigenvalue weighted by Gasteiger charge is -2.04. The molecule has 2 rings (SSSR count). The molecule has 0 spiro atoms. The molecular weight excluding hydrogens is 166 g/mol. The Morgan fingerprint density at radius 2 is 2.31 bits per heavy atom. The minimum atomic E-state index is 0.383. The Morgan fingerprint density at radius 1 is 1.46 bits per heavy atom. The Morgan fingerprint density at radius 3 is 2.85 bits per heavy atom. The Balaban J connectivity index is 1.91. The third-order valence-electron chi connectivity index (χ3n) is 2.61. The van der Waals surface area contributed by atoms with Crippen molar-refractivity contribution >= 4 is 0 Å². The van der Waals surface area contributed by atoms with Crippen LogP contribution in [0.5, 0.6) is 0 Å². The maximum absolute atomic E-state index is 5.82. The number of nitrogens with zero attached hydrogens (tertiary/aromatic N) is 2. The summed E-state index contributed by atoms with van der Waals surface area (Å²) in [5, 5.41) is 7.78. The van der Waals surface area contributed by atoms with Crippen LogP contribution in [0, 0.1) is 12.8 Å². The average Bonchev–Trinajstić information content (AvgIpc) is 2.62. The van der Waals surface area contributed by atoms with Gasteiger partial charge in [-0.1, -0.05) is 0 Å². The van der Waals surface area contributed by atoms with Gasteiger partial charge >= 0.3 is 0 Å². The van der Waals surface area contributed by atoms with Crippen molar-refractivity contribution in [3.63, 3.8) is 0 Å². The lowest BCUT2D eigenvalue weighted by molar-refractivity contribution is 0.415. The molecule has 4 nitrogen and oxygen atoms in total. The standard InChI is InChI=1S/C9H15N3O/c1-6-11-12-9(13-6)5-7-2-3-8(10)4-7/h7-8H,2-5,10H2,1H3. The first-order chi connectivity index (χ1) is 6.24. The van der Waals surface area contributed by atoms with Crippen LogP contribution in [0.3, 0.4) is 0 Å². The predicted octanol–water partition coefficient (Wildman–Crippen LogP) is 1.05. The summed E-state index contributed by atoms with van der Waals surface area (Å²) in [6, 6.07) is 0.383. The van der Waals surface area contributed by atoms with Gasteiger partial charge in [0.2, 0.25) is 11.8 Å². The van der Waals surface area contributed by atoms with Gasteiger partial charge in [-0.3, -0.25) is 0 Å². The molecule has 0 amide bonds. The van der Waals surface area contributed by atoms with E-state index in [1.54, 1.807) is 0 Å². The number of hydrogen-bond donors (Lipinski definition) is 1. The minimum absolute atomic E-state index is 0.383. The number of hydrogen-bond acceptors (Lipinski definition) is 4. The molecule has 2 unspecified atom stereocenters. The minimum Gasteiger partial charge on any atom is -0.426 e. The molecule has 2 atom stereocenters. The van der Waals surface area contributed by atoms with Gasteiger partial charge in [-0.05, 0) is 25.2 Å². The summed E-state index contributed by atoms with van der Waals surface area (Å²) in [6.07, 6.45) is 4.33. The van der Waals surface area contributed by atoms with Gasteiger partial charge in [0.25, 0.3) is 0 Å². The zero-order valence-corrected chi connectivity index (χ0v) is 7.86. The Bertz CT molecular complexity index is 284.